The van der Waals surface area contributed by atoms with Gasteiger partial charge in [0.05, 0.1) is 0 Å². The molecule has 0 aliphatic heterocycles. The van der Waals surface area contributed by atoms with Gasteiger partial charge in [-0.15, -0.1) is 0 Å². The summed E-state index contributed by atoms with van der Waals surface area (Å²) in [5.74, 6) is 0.657. The molecule has 1 aliphatic rings. The van der Waals surface area contributed by atoms with Gasteiger partial charge in [-0.2, -0.15) is 0 Å². The molecular formula is C15H23FN2. The number of benzene rings is 1. The van der Waals surface area contributed by atoms with Crippen LogP contribution in [0, 0.1) is 11.7 Å². The zero-order chi connectivity index (χ0) is 13.1. The van der Waals surface area contributed by atoms with E-state index in [2.05, 4.69) is 18.9 Å². The van der Waals surface area contributed by atoms with Crippen LogP contribution >= 0.6 is 0 Å². The third-order valence-corrected chi connectivity index (χ3v) is 3.69. The number of halogens is 1. The molecule has 100 valence electrons. The van der Waals surface area contributed by atoms with Gasteiger partial charge in [0.1, 0.15) is 5.82 Å². The van der Waals surface area contributed by atoms with E-state index >= 15 is 0 Å². The largest absolute Gasteiger partial charge is 0.374 e. The predicted molar refractivity (Wildman–Crippen MR) is 74.4 cm³/mol. The van der Waals surface area contributed by atoms with Gasteiger partial charge in [-0.3, -0.25) is 0 Å². The molecule has 1 unspecified atom stereocenters. The Bertz CT molecular complexity index is 401. The number of nitrogens with two attached hydrogens (primary N) is 1. The van der Waals surface area contributed by atoms with Gasteiger partial charge in [0, 0.05) is 25.3 Å². The average molecular weight is 250 g/mol. The Morgan fingerprint density at radius 2 is 2.17 bits per heavy atom. The smallest absolute Gasteiger partial charge is 0.123 e. The Morgan fingerprint density at radius 1 is 1.44 bits per heavy atom. The summed E-state index contributed by atoms with van der Waals surface area (Å²) in [5.41, 5.74) is 8.16. The van der Waals surface area contributed by atoms with Crippen LogP contribution < -0.4 is 10.6 Å². The van der Waals surface area contributed by atoms with Crippen molar-refractivity contribution in [3.05, 3.63) is 29.6 Å². The van der Waals surface area contributed by atoms with Crippen LogP contribution in [0.5, 0.6) is 0 Å². The van der Waals surface area contributed by atoms with Gasteiger partial charge in [0.15, 0.2) is 0 Å². The second-order valence-electron chi connectivity index (χ2n) is 5.47. The first kappa shape index (κ1) is 13.3. The van der Waals surface area contributed by atoms with Crippen molar-refractivity contribution in [2.24, 2.45) is 11.7 Å². The lowest BCUT2D eigenvalue weighted by atomic mass is 10.0. The first-order valence-electron chi connectivity index (χ1n) is 6.85. The van der Waals surface area contributed by atoms with Crippen LogP contribution in [-0.2, 0) is 6.42 Å². The van der Waals surface area contributed by atoms with Crippen molar-refractivity contribution in [2.75, 3.05) is 18.5 Å². The van der Waals surface area contributed by atoms with Crippen LogP contribution in [-0.4, -0.2) is 19.6 Å². The molecule has 0 spiro atoms. The summed E-state index contributed by atoms with van der Waals surface area (Å²) in [5, 5.41) is 0. The second-order valence-corrected chi connectivity index (χ2v) is 5.47. The van der Waals surface area contributed by atoms with Crippen molar-refractivity contribution in [3.8, 4) is 0 Å². The predicted octanol–water partition coefficient (Wildman–Crippen LogP) is 2.95. The Morgan fingerprint density at radius 3 is 2.78 bits per heavy atom. The first-order chi connectivity index (χ1) is 8.60. The molecule has 2 rings (SSSR count). The topological polar surface area (TPSA) is 29.3 Å². The zero-order valence-corrected chi connectivity index (χ0v) is 11.3. The summed E-state index contributed by atoms with van der Waals surface area (Å²) in [6, 6.07) is 5.17. The highest BCUT2D eigenvalue weighted by Crippen LogP contribution is 2.32. The molecular weight excluding hydrogens is 227 g/mol. The fourth-order valence-corrected chi connectivity index (χ4v) is 2.30. The van der Waals surface area contributed by atoms with E-state index in [1.54, 1.807) is 12.1 Å². The Labute approximate surface area is 109 Å². The van der Waals surface area contributed by atoms with Crippen molar-refractivity contribution in [2.45, 2.75) is 38.6 Å². The van der Waals surface area contributed by atoms with Gasteiger partial charge in [-0.05, 0) is 55.4 Å². The van der Waals surface area contributed by atoms with Crippen molar-refractivity contribution < 1.29 is 4.39 Å². The molecule has 1 fully saturated rings. The highest BCUT2D eigenvalue weighted by Gasteiger charge is 2.24. The van der Waals surface area contributed by atoms with E-state index in [4.69, 9.17) is 5.73 Å². The van der Waals surface area contributed by atoms with Crippen molar-refractivity contribution in [1.29, 1.82) is 0 Å². The van der Waals surface area contributed by atoms with Crippen LogP contribution in [0.4, 0.5) is 10.1 Å². The molecule has 3 heteroatoms. The van der Waals surface area contributed by atoms with Crippen LogP contribution in [0.25, 0.3) is 0 Å². The zero-order valence-electron chi connectivity index (χ0n) is 11.3. The molecule has 0 saturated heterocycles. The van der Waals surface area contributed by atoms with Crippen molar-refractivity contribution in [1.82, 2.24) is 0 Å². The monoisotopic (exact) mass is 250 g/mol. The molecule has 0 amide bonds. The van der Waals surface area contributed by atoms with E-state index in [0.717, 1.165) is 36.6 Å². The van der Waals surface area contributed by atoms with Gasteiger partial charge < -0.3 is 10.6 Å². The maximum Gasteiger partial charge on any atom is 0.123 e. The van der Waals surface area contributed by atoms with Crippen LogP contribution in [0.3, 0.4) is 0 Å². The highest BCUT2D eigenvalue weighted by molar-refractivity contribution is 5.53. The lowest BCUT2D eigenvalue weighted by Gasteiger charge is -2.23. The summed E-state index contributed by atoms with van der Waals surface area (Å²) in [6.45, 7) is 3.14. The Hall–Kier alpha value is -1.09. The third kappa shape index (κ3) is 3.45. The number of nitrogens with zero attached hydrogens (tertiary/aromatic N) is 1. The minimum Gasteiger partial charge on any atom is -0.374 e. The van der Waals surface area contributed by atoms with Gasteiger partial charge >= 0.3 is 0 Å². The standard InChI is InChI=1S/C15H23FN2/c1-3-14(17)9-12-8-13(16)6-7-15(12)18(2)10-11-4-5-11/h6-8,11,14H,3-5,9-10,17H2,1-2H3. The fraction of sp³-hybridized carbons (Fsp3) is 0.600. The molecule has 1 aromatic rings. The van der Waals surface area contributed by atoms with Crippen molar-refractivity contribution >= 4 is 5.69 Å². The summed E-state index contributed by atoms with van der Waals surface area (Å²) in [7, 11) is 2.09. The molecule has 1 saturated carbocycles. The molecule has 0 aromatic heterocycles. The summed E-state index contributed by atoms with van der Waals surface area (Å²) < 4.78 is 13.4. The molecule has 1 aliphatic carbocycles. The lowest BCUT2D eigenvalue weighted by molar-refractivity contribution is 0.613. The van der Waals surface area contributed by atoms with E-state index < -0.39 is 0 Å². The highest BCUT2D eigenvalue weighted by atomic mass is 19.1. The van der Waals surface area contributed by atoms with Gasteiger partial charge in [0.25, 0.3) is 0 Å². The molecule has 18 heavy (non-hydrogen) atoms. The molecule has 2 N–H and O–H groups in total. The van der Waals surface area contributed by atoms with Crippen LogP contribution in [0.1, 0.15) is 31.7 Å². The van der Waals surface area contributed by atoms with Gasteiger partial charge in [-0.1, -0.05) is 6.92 Å². The molecule has 0 heterocycles. The van der Waals surface area contributed by atoms with Crippen LogP contribution in [0.2, 0.25) is 0 Å². The molecule has 0 bridgehead atoms. The molecule has 2 nitrogen and oxygen atoms in total. The third-order valence-electron chi connectivity index (χ3n) is 3.69. The normalized spacial score (nSPS) is 16.7. The maximum atomic E-state index is 13.4. The SMILES string of the molecule is CCC(N)Cc1cc(F)ccc1N(C)CC1CC1. The molecule has 1 atom stereocenters. The Balaban J connectivity index is 2.15. The van der Waals surface area contributed by atoms with Crippen LogP contribution in [0.15, 0.2) is 18.2 Å². The Kier molecular flexibility index (Phi) is 4.23. The quantitative estimate of drug-likeness (QED) is 0.841. The van der Waals surface area contributed by atoms with Crippen molar-refractivity contribution in [3.63, 3.8) is 0 Å². The maximum absolute atomic E-state index is 13.4. The minimum atomic E-state index is -0.170. The van der Waals surface area contributed by atoms with E-state index in [-0.39, 0.29) is 11.9 Å². The number of hydrogen-bond donors (Lipinski definition) is 1. The van der Waals surface area contributed by atoms with E-state index in [9.17, 15) is 4.39 Å². The van der Waals surface area contributed by atoms with Gasteiger partial charge in [0.2, 0.25) is 0 Å². The number of rotatable bonds is 6. The number of anilines is 1. The fourth-order valence-electron chi connectivity index (χ4n) is 2.30. The lowest BCUT2D eigenvalue weighted by Crippen LogP contribution is -2.25. The minimum absolute atomic E-state index is 0.111. The molecule has 0 radical (unpaired) electrons. The molecule has 1 aromatic carbocycles. The first-order valence-corrected chi connectivity index (χ1v) is 6.85. The summed E-state index contributed by atoms with van der Waals surface area (Å²) >= 11 is 0. The van der Waals surface area contributed by atoms with E-state index in [0.29, 0.717) is 0 Å². The summed E-state index contributed by atoms with van der Waals surface area (Å²) in [4.78, 5) is 2.24. The number of hydrogen-bond acceptors (Lipinski definition) is 2. The second kappa shape index (κ2) is 5.70. The van der Waals surface area contributed by atoms with E-state index in [1.807, 2.05) is 6.07 Å². The van der Waals surface area contributed by atoms with E-state index in [1.165, 1.54) is 12.8 Å². The van der Waals surface area contributed by atoms with Gasteiger partial charge in [-0.25, -0.2) is 4.39 Å². The summed E-state index contributed by atoms with van der Waals surface area (Å²) in [6.07, 6.45) is 4.32. The average Bonchev–Trinajstić information content (AvgIpc) is 3.12.